The molecule has 0 aromatic heterocycles. The Labute approximate surface area is 121 Å². The molecule has 0 aromatic carbocycles. The lowest BCUT2D eigenvalue weighted by Crippen LogP contribution is -2.23. The second kappa shape index (κ2) is 8.77. The van der Waals surface area contributed by atoms with E-state index in [1.165, 1.54) is 25.7 Å². The van der Waals surface area contributed by atoms with Crippen molar-refractivity contribution < 1.29 is 19.4 Å². The van der Waals surface area contributed by atoms with Crippen molar-refractivity contribution in [3.05, 3.63) is 12.2 Å². The molecular formula is C16H26O4. The molecule has 0 aliphatic heterocycles. The van der Waals surface area contributed by atoms with Crippen LogP contribution in [0.2, 0.25) is 0 Å². The lowest BCUT2D eigenvalue weighted by atomic mass is 9.75. The van der Waals surface area contributed by atoms with Crippen LogP contribution in [-0.4, -0.2) is 23.7 Å². The highest BCUT2D eigenvalue weighted by atomic mass is 16.5. The largest absolute Gasteiger partial charge is 0.478 e. The highest BCUT2D eigenvalue weighted by Crippen LogP contribution is 2.35. The van der Waals surface area contributed by atoms with Crippen LogP contribution >= 0.6 is 0 Å². The fraction of sp³-hybridized carbons (Fsp3) is 0.750. The zero-order chi connectivity index (χ0) is 15.0. The Hall–Kier alpha value is -1.32. The van der Waals surface area contributed by atoms with Crippen LogP contribution in [0, 0.1) is 17.8 Å². The zero-order valence-electron chi connectivity index (χ0n) is 12.5. The van der Waals surface area contributed by atoms with Crippen LogP contribution in [0.3, 0.4) is 0 Å². The maximum atomic E-state index is 11.3. The van der Waals surface area contributed by atoms with Gasteiger partial charge in [-0.25, -0.2) is 9.59 Å². The zero-order valence-corrected chi connectivity index (χ0v) is 12.5. The number of ether oxygens (including phenoxy) is 1. The number of carboxylic acid groups (broad SMARTS) is 1. The first-order valence-corrected chi connectivity index (χ1v) is 7.60. The molecule has 20 heavy (non-hydrogen) atoms. The Bertz CT molecular complexity index is 340. The van der Waals surface area contributed by atoms with E-state index in [1.807, 2.05) is 0 Å². The summed E-state index contributed by atoms with van der Waals surface area (Å²) in [7, 11) is 0. The third-order valence-electron chi connectivity index (χ3n) is 4.26. The number of carbonyl (C=O) groups excluding carboxylic acids is 1. The minimum absolute atomic E-state index is 0.414. The van der Waals surface area contributed by atoms with Crippen molar-refractivity contribution in [2.75, 3.05) is 6.61 Å². The van der Waals surface area contributed by atoms with E-state index < -0.39 is 11.9 Å². The van der Waals surface area contributed by atoms with Crippen molar-refractivity contribution in [2.45, 2.75) is 52.4 Å². The van der Waals surface area contributed by atoms with Gasteiger partial charge in [-0.1, -0.05) is 26.7 Å². The van der Waals surface area contributed by atoms with Crippen LogP contribution < -0.4 is 0 Å². The molecule has 1 fully saturated rings. The van der Waals surface area contributed by atoms with Crippen molar-refractivity contribution in [2.24, 2.45) is 17.8 Å². The van der Waals surface area contributed by atoms with Gasteiger partial charge in [0.2, 0.25) is 0 Å². The molecule has 0 aromatic rings. The molecule has 1 aliphatic carbocycles. The standard InChI is InChI=1S/C16H26O4/c1-3-4-12(2)14-7-5-13(6-8-14)11-20-16(19)10-9-15(17)18/h9-10,12-14H,3-8,11H2,1-2H3,(H,17,18)/b10-9+. The van der Waals surface area contributed by atoms with E-state index in [2.05, 4.69) is 13.8 Å². The van der Waals surface area contributed by atoms with Gasteiger partial charge in [-0.2, -0.15) is 0 Å². The second-order valence-corrected chi connectivity index (χ2v) is 5.85. The van der Waals surface area contributed by atoms with E-state index in [1.54, 1.807) is 0 Å². The van der Waals surface area contributed by atoms with Crippen LogP contribution in [0.1, 0.15) is 52.4 Å². The summed E-state index contributed by atoms with van der Waals surface area (Å²) in [5.41, 5.74) is 0. The average Bonchev–Trinajstić information content (AvgIpc) is 2.43. The molecule has 1 saturated carbocycles. The molecule has 1 rings (SSSR count). The lowest BCUT2D eigenvalue weighted by molar-refractivity contribution is -0.140. The van der Waals surface area contributed by atoms with Crippen LogP contribution in [0.5, 0.6) is 0 Å². The van der Waals surface area contributed by atoms with E-state index in [0.29, 0.717) is 12.5 Å². The Morgan fingerprint density at radius 1 is 1.25 bits per heavy atom. The topological polar surface area (TPSA) is 63.6 Å². The molecule has 1 atom stereocenters. The molecule has 1 N–H and O–H groups in total. The van der Waals surface area contributed by atoms with Crippen LogP contribution in [0.4, 0.5) is 0 Å². The van der Waals surface area contributed by atoms with Crippen LogP contribution in [0.15, 0.2) is 12.2 Å². The molecule has 4 heteroatoms. The van der Waals surface area contributed by atoms with Gasteiger partial charge in [-0.05, 0) is 43.4 Å². The Morgan fingerprint density at radius 2 is 1.90 bits per heavy atom. The van der Waals surface area contributed by atoms with Crippen LogP contribution in [0.25, 0.3) is 0 Å². The smallest absolute Gasteiger partial charge is 0.331 e. The quantitative estimate of drug-likeness (QED) is 0.574. The van der Waals surface area contributed by atoms with Crippen molar-refractivity contribution in [3.8, 4) is 0 Å². The summed E-state index contributed by atoms with van der Waals surface area (Å²) in [5, 5.41) is 8.41. The first-order valence-electron chi connectivity index (χ1n) is 7.60. The highest BCUT2D eigenvalue weighted by molar-refractivity contribution is 5.90. The third-order valence-corrected chi connectivity index (χ3v) is 4.26. The molecular weight excluding hydrogens is 256 g/mol. The number of hydrogen-bond acceptors (Lipinski definition) is 3. The van der Waals surface area contributed by atoms with Gasteiger partial charge >= 0.3 is 11.9 Å². The molecule has 0 bridgehead atoms. The van der Waals surface area contributed by atoms with E-state index in [0.717, 1.165) is 36.8 Å². The fourth-order valence-electron chi connectivity index (χ4n) is 3.00. The molecule has 0 radical (unpaired) electrons. The summed E-state index contributed by atoms with van der Waals surface area (Å²) in [6.07, 6.45) is 8.97. The number of carboxylic acids is 1. The first kappa shape index (κ1) is 16.7. The van der Waals surface area contributed by atoms with Gasteiger partial charge in [0.1, 0.15) is 0 Å². The minimum Gasteiger partial charge on any atom is -0.478 e. The molecule has 0 amide bonds. The van der Waals surface area contributed by atoms with Crippen molar-refractivity contribution >= 4 is 11.9 Å². The van der Waals surface area contributed by atoms with E-state index in [-0.39, 0.29) is 0 Å². The summed E-state index contributed by atoms with van der Waals surface area (Å²) >= 11 is 0. The lowest BCUT2D eigenvalue weighted by Gasteiger charge is -2.31. The summed E-state index contributed by atoms with van der Waals surface area (Å²) in [4.78, 5) is 21.5. The molecule has 0 heterocycles. The molecule has 0 saturated heterocycles. The summed E-state index contributed by atoms with van der Waals surface area (Å²) in [5.74, 6) is 0.347. The maximum absolute atomic E-state index is 11.3. The monoisotopic (exact) mass is 282 g/mol. The Morgan fingerprint density at radius 3 is 2.45 bits per heavy atom. The minimum atomic E-state index is -1.13. The van der Waals surface area contributed by atoms with Gasteiger partial charge in [0.25, 0.3) is 0 Å². The normalized spacial score (nSPS) is 24.5. The molecule has 1 aliphatic rings. The van der Waals surface area contributed by atoms with Gasteiger partial charge in [0.15, 0.2) is 0 Å². The predicted octanol–water partition coefficient (Wildman–Crippen LogP) is 3.41. The first-order chi connectivity index (χ1) is 9.52. The van der Waals surface area contributed by atoms with Gasteiger partial charge in [0, 0.05) is 12.2 Å². The van der Waals surface area contributed by atoms with Gasteiger partial charge in [0.05, 0.1) is 6.61 Å². The summed E-state index contributed by atoms with van der Waals surface area (Å²) in [6.45, 7) is 4.98. The van der Waals surface area contributed by atoms with Gasteiger partial charge in [-0.15, -0.1) is 0 Å². The number of carbonyl (C=O) groups is 2. The maximum Gasteiger partial charge on any atom is 0.331 e. The predicted molar refractivity (Wildman–Crippen MR) is 77.3 cm³/mol. The molecule has 114 valence electrons. The Kier molecular flexibility index (Phi) is 7.34. The number of esters is 1. The van der Waals surface area contributed by atoms with E-state index >= 15 is 0 Å². The fourth-order valence-corrected chi connectivity index (χ4v) is 3.00. The second-order valence-electron chi connectivity index (χ2n) is 5.85. The molecule has 4 nitrogen and oxygen atoms in total. The summed E-state index contributed by atoms with van der Waals surface area (Å²) < 4.78 is 5.09. The third kappa shape index (κ3) is 6.22. The van der Waals surface area contributed by atoms with Gasteiger partial charge < -0.3 is 9.84 Å². The summed E-state index contributed by atoms with van der Waals surface area (Å²) in [6, 6.07) is 0. The number of hydrogen-bond donors (Lipinski definition) is 1. The van der Waals surface area contributed by atoms with E-state index in [9.17, 15) is 9.59 Å². The SMILES string of the molecule is CCCC(C)C1CCC(COC(=O)/C=C/C(=O)O)CC1. The van der Waals surface area contributed by atoms with Gasteiger partial charge in [-0.3, -0.25) is 0 Å². The number of rotatable bonds is 7. The van der Waals surface area contributed by atoms with Crippen molar-refractivity contribution in [1.82, 2.24) is 0 Å². The van der Waals surface area contributed by atoms with Crippen LogP contribution in [-0.2, 0) is 14.3 Å². The highest BCUT2D eigenvalue weighted by Gasteiger charge is 2.25. The van der Waals surface area contributed by atoms with E-state index in [4.69, 9.17) is 9.84 Å². The number of aliphatic carboxylic acids is 1. The van der Waals surface area contributed by atoms with Crippen molar-refractivity contribution in [1.29, 1.82) is 0 Å². The van der Waals surface area contributed by atoms with Crippen molar-refractivity contribution in [3.63, 3.8) is 0 Å². The Balaban J connectivity index is 2.22. The molecule has 1 unspecified atom stereocenters. The average molecular weight is 282 g/mol. The molecule has 0 spiro atoms.